The van der Waals surface area contributed by atoms with E-state index in [0.29, 0.717) is 31.2 Å². The molecule has 2 aliphatic rings. The van der Waals surface area contributed by atoms with E-state index in [0.717, 1.165) is 38.6 Å². The number of carboxylic acid groups (broad SMARTS) is 1. The molecule has 2 rings (SSSR count). The molecule has 1 N–H and O–H groups in total. The van der Waals surface area contributed by atoms with Crippen LogP contribution >= 0.6 is 0 Å². The van der Waals surface area contributed by atoms with Gasteiger partial charge in [-0.25, -0.2) is 4.79 Å². The van der Waals surface area contributed by atoms with Crippen LogP contribution in [-0.4, -0.2) is 49.7 Å². The number of aliphatic carboxylic acids is 1. The van der Waals surface area contributed by atoms with Crippen molar-refractivity contribution in [3.63, 3.8) is 0 Å². The number of hydrogen-bond donors (Lipinski definition) is 1. The summed E-state index contributed by atoms with van der Waals surface area (Å²) in [5.74, 6) is -0.141. The second-order valence-electron chi connectivity index (χ2n) is 6.53. The van der Waals surface area contributed by atoms with E-state index in [9.17, 15) is 4.79 Å². The minimum atomic E-state index is -0.939. The fourth-order valence-corrected chi connectivity index (χ4v) is 3.60. The molecule has 2 heterocycles. The zero-order valence-electron chi connectivity index (χ0n) is 14.1. The molecule has 0 saturated carbocycles. The number of fused-ring (bicyclic) bond motifs is 2. The van der Waals surface area contributed by atoms with Gasteiger partial charge in [-0.2, -0.15) is 0 Å². The van der Waals surface area contributed by atoms with E-state index >= 15 is 0 Å². The summed E-state index contributed by atoms with van der Waals surface area (Å²) < 4.78 is 17.5. The van der Waals surface area contributed by atoms with E-state index < -0.39 is 5.97 Å². The van der Waals surface area contributed by atoms with Crippen molar-refractivity contribution >= 4 is 5.97 Å². The normalized spacial score (nSPS) is 29.6. The molecular weight excluding hydrogens is 296 g/mol. The van der Waals surface area contributed by atoms with Gasteiger partial charge in [-0.3, -0.25) is 0 Å². The molecule has 2 fully saturated rings. The lowest BCUT2D eigenvalue weighted by Gasteiger charge is -2.27. The largest absolute Gasteiger partial charge is 0.478 e. The van der Waals surface area contributed by atoms with Gasteiger partial charge < -0.3 is 19.3 Å². The van der Waals surface area contributed by atoms with E-state index in [1.165, 1.54) is 25.3 Å². The summed E-state index contributed by atoms with van der Waals surface area (Å²) in [5.41, 5.74) is 0. The van der Waals surface area contributed by atoms with Gasteiger partial charge in [0.25, 0.3) is 0 Å². The molecule has 2 aliphatic heterocycles. The molecule has 0 radical (unpaired) electrons. The van der Waals surface area contributed by atoms with Gasteiger partial charge >= 0.3 is 5.97 Å². The Labute approximate surface area is 139 Å². The van der Waals surface area contributed by atoms with Gasteiger partial charge in [0.1, 0.15) is 0 Å². The molecule has 0 aromatic carbocycles. The standard InChI is InChI=1S/C18H30O5/c1-2-3-4-5-10-21-12-14-15(17-9-8-16(14)23-17)13-22-11-6-7-18(19)20/h6-7,14-17H,2-5,8-13H2,1H3,(H,19,20)/b7-6+/t14-,15+,16-,17+/m1/s1. The van der Waals surface area contributed by atoms with Gasteiger partial charge in [0, 0.05) is 24.5 Å². The summed E-state index contributed by atoms with van der Waals surface area (Å²) in [4.78, 5) is 10.4. The second-order valence-corrected chi connectivity index (χ2v) is 6.53. The molecule has 2 saturated heterocycles. The maximum atomic E-state index is 10.4. The monoisotopic (exact) mass is 326 g/mol. The average molecular weight is 326 g/mol. The SMILES string of the molecule is CCCCCCOC[C@@H]1[C@H](COC/C=C/C(=O)O)[C@@H]2CC[C@H]1O2. The third-order valence-electron chi connectivity index (χ3n) is 4.83. The van der Waals surface area contributed by atoms with Gasteiger partial charge in [0.05, 0.1) is 32.0 Å². The third-order valence-corrected chi connectivity index (χ3v) is 4.83. The minimum absolute atomic E-state index is 0.289. The number of hydrogen-bond acceptors (Lipinski definition) is 4. The van der Waals surface area contributed by atoms with E-state index in [1.807, 2.05) is 0 Å². The molecule has 0 aliphatic carbocycles. The van der Waals surface area contributed by atoms with Crippen LogP contribution in [0.1, 0.15) is 45.4 Å². The molecule has 5 nitrogen and oxygen atoms in total. The van der Waals surface area contributed by atoms with Crippen LogP contribution in [0, 0.1) is 11.8 Å². The van der Waals surface area contributed by atoms with Crippen molar-refractivity contribution in [2.45, 2.75) is 57.7 Å². The molecule has 2 bridgehead atoms. The smallest absolute Gasteiger partial charge is 0.328 e. The highest BCUT2D eigenvalue weighted by Gasteiger charge is 2.48. The molecule has 0 aromatic rings. The van der Waals surface area contributed by atoms with Crippen molar-refractivity contribution < 1.29 is 24.1 Å². The van der Waals surface area contributed by atoms with Gasteiger partial charge in [-0.15, -0.1) is 0 Å². The Morgan fingerprint density at radius 3 is 2.48 bits per heavy atom. The highest BCUT2D eigenvalue weighted by atomic mass is 16.5. The van der Waals surface area contributed by atoms with Crippen LogP contribution < -0.4 is 0 Å². The highest BCUT2D eigenvalue weighted by Crippen LogP contribution is 2.43. The molecule has 0 unspecified atom stereocenters. The lowest BCUT2D eigenvalue weighted by molar-refractivity contribution is -0.131. The molecule has 0 amide bonds. The van der Waals surface area contributed by atoms with Crippen LogP contribution in [0.15, 0.2) is 12.2 Å². The Bertz CT molecular complexity index is 382. The highest BCUT2D eigenvalue weighted by molar-refractivity contribution is 5.79. The molecule has 132 valence electrons. The average Bonchev–Trinajstić information content (AvgIpc) is 3.12. The fourth-order valence-electron chi connectivity index (χ4n) is 3.60. The summed E-state index contributed by atoms with van der Waals surface area (Å²) in [7, 11) is 0. The summed E-state index contributed by atoms with van der Waals surface area (Å²) in [6.45, 7) is 4.76. The maximum Gasteiger partial charge on any atom is 0.328 e. The Hall–Kier alpha value is -0.910. The van der Waals surface area contributed by atoms with Crippen LogP contribution in [0.4, 0.5) is 0 Å². The van der Waals surface area contributed by atoms with Crippen molar-refractivity contribution in [3.05, 3.63) is 12.2 Å². The first-order valence-electron chi connectivity index (χ1n) is 8.92. The van der Waals surface area contributed by atoms with Gasteiger partial charge in [0.15, 0.2) is 0 Å². The van der Waals surface area contributed by atoms with Crippen molar-refractivity contribution in [2.75, 3.05) is 26.4 Å². The van der Waals surface area contributed by atoms with Gasteiger partial charge in [-0.1, -0.05) is 32.3 Å². The molecule has 4 atom stereocenters. The number of unbranched alkanes of at least 4 members (excludes halogenated alkanes) is 3. The Kier molecular flexibility index (Phi) is 8.06. The van der Waals surface area contributed by atoms with E-state index in [1.54, 1.807) is 0 Å². The first-order chi connectivity index (χ1) is 11.2. The second kappa shape index (κ2) is 10.1. The predicted molar refractivity (Wildman–Crippen MR) is 87.4 cm³/mol. The first kappa shape index (κ1) is 18.4. The molecule has 5 heteroatoms. The summed E-state index contributed by atoms with van der Waals surface area (Å²) in [6, 6.07) is 0. The zero-order valence-corrected chi connectivity index (χ0v) is 14.1. The first-order valence-corrected chi connectivity index (χ1v) is 8.92. The zero-order chi connectivity index (χ0) is 16.5. The number of ether oxygens (including phenoxy) is 3. The molecule has 0 spiro atoms. The Morgan fingerprint density at radius 2 is 1.83 bits per heavy atom. The van der Waals surface area contributed by atoms with Crippen molar-refractivity contribution in [1.82, 2.24) is 0 Å². The van der Waals surface area contributed by atoms with E-state index in [2.05, 4.69) is 6.92 Å². The Morgan fingerprint density at radius 1 is 1.13 bits per heavy atom. The topological polar surface area (TPSA) is 65.0 Å². The lowest BCUT2D eigenvalue weighted by Crippen LogP contribution is -2.34. The molecular formula is C18H30O5. The lowest BCUT2D eigenvalue weighted by atomic mass is 9.80. The molecule has 0 aromatic heterocycles. The minimum Gasteiger partial charge on any atom is -0.478 e. The summed E-state index contributed by atoms with van der Waals surface area (Å²) in [5, 5.41) is 8.55. The van der Waals surface area contributed by atoms with E-state index in [4.69, 9.17) is 19.3 Å². The van der Waals surface area contributed by atoms with Crippen LogP contribution in [0.25, 0.3) is 0 Å². The van der Waals surface area contributed by atoms with Crippen LogP contribution in [0.2, 0.25) is 0 Å². The number of rotatable bonds is 12. The summed E-state index contributed by atoms with van der Waals surface area (Å²) >= 11 is 0. The van der Waals surface area contributed by atoms with E-state index in [-0.39, 0.29) is 6.10 Å². The van der Waals surface area contributed by atoms with Gasteiger partial charge in [0.2, 0.25) is 0 Å². The Balaban J connectivity index is 1.66. The van der Waals surface area contributed by atoms with Crippen LogP contribution in [0.3, 0.4) is 0 Å². The fraction of sp³-hybridized carbons (Fsp3) is 0.833. The molecule has 23 heavy (non-hydrogen) atoms. The van der Waals surface area contributed by atoms with Crippen molar-refractivity contribution in [1.29, 1.82) is 0 Å². The number of carbonyl (C=O) groups is 1. The van der Waals surface area contributed by atoms with Crippen molar-refractivity contribution in [2.24, 2.45) is 11.8 Å². The van der Waals surface area contributed by atoms with Gasteiger partial charge in [-0.05, 0) is 19.3 Å². The maximum absolute atomic E-state index is 10.4. The van der Waals surface area contributed by atoms with Crippen LogP contribution in [0.5, 0.6) is 0 Å². The quantitative estimate of drug-likeness (QED) is 0.441. The van der Waals surface area contributed by atoms with Crippen molar-refractivity contribution in [3.8, 4) is 0 Å². The third kappa shape index (κ3) is 5.90. The van der Waals surface area contributed by atoms with Crippen LogP contribution in [-0.2, 0) is 19.0 Å². The summed E-state index contributed by atoms with van der Waals surface area (Å²) in [6.07, 6.45) is 10.4. The number of carboxylic acids is 1. The predicted octanol–water partition coefficient (Wildman–Crippen LogP) is 3.03.